The highest BCUT2D eigenvalue weighted by Gasteiger charge is 2.21. The zero-order chi connectivity index (χ0) is 17.5. The highest BCUT2D eigenvalue weighted by molar-refractivity contribution is 5.80. The molecule has 1 heterocycles. The van der Waals surface area contributed by atoms with Crippen molar-refractivity contribution in [3.63, 3.8) is 0 Å². The summed E-state index contributed by atoms with van der Waals surface area (Å²) in [7, 11) is 1.83. The number of hydrogen-bond acceptors (Lipinski definition) is 3. The summed E-state index contributed by atoms with van der Waals surface area (Å²) in [5, 5.41) is 13.8. The van der Waals surface area contributed by atoms with Crippen molar-refractivity contribution in [3.05, 3.63) is 36.2 Å². The van der Waals surface area contributed by atoms with Gasteiger partial charge in [-0.3, -0.25) is 10.1 Å². The van der Waals surface area contributed by atoms with Crippen molar-refractivity contribution >= 4 is 5.96 Å². The molecule has 6 heteroatoms. The van der Waals surface area contributed by atoms with Gasteiger partial charge in [0.25, 0.3) is 0 Å². The number of benzene rings is 1. The van der Waals surface area contributed by atoms with Gasteiger partial charge in [-0.2, -0.15) is 5.10 Å². The Morgan fingerprint density at radius 3 is 3.04 bits per heavy atom. The van der Waals surface area contributed by atoms with Crippen LogP contribution in [0.25, 0.3) is 11.4 Å². The molecule has 0 radical (unpaired) electrons. The van der Waals surface area contributed by atoms with Crippen LogP contribution in [0.4, 0.5) is 0 Å². The van der Waals surface area contributed by atoms with Gasteiger partial charge in [0.2, 0.25) is 0 Å². The van der Waals surface area contributed by atoms with Crippen LogP contribution in [-0.2, 0) is 6.54 Å². The first-order chi connectivity index (χ1) is 12.3. The zero-order valence-electron chi connectivity index (χ0n) is 15.1. The van der Waals surface area contributed by atoms with Gasteiger partial charge in [-0.1, -0.05) is 44.4 Å². The van der Waals surface area contributed by atoms with Gasteiger partial charge >= 0.3 is 0 Å². The Labute approximate surface area is 149 Å². The van der Waals surface area contributed by atoms with Crippen molar-refractivity contribution in [2.45, 2.75) is 51.6 Å². The fraction of sp³-hybridized carbons (Fsp3) is 0.526. The Morgan fingerprint density at radius 1 is 1.36 bits per heavy atom. The van der Waals surface area contributed by atoms with Crippen molar-refractivity contribution in [1.29, 1.82) is 0 Å². The van der Waals surface area contributed by atoms with E-state index in [0.29, 0.717) is 6.04 Å². The van der Waals surface area contributed by atoms with Crippen LogP contribution in [0.5, 0.6) is 0 Å². The summed E-state index contributed by atoms with van der Waals surface area (Å²) >= 11 is 0. The van der Waals surface area contributed by atoms with Crippen LogP contribution in [-0.4, -0.2) is 34.2 Å². The summed E-state index contributed by atoms with van der Waals surface area (Å²) in [6, 6.07) is 8.83. The molecule has 1 aromatic carbocycles. The summed E-state index contributed by atoms with van der Waals surface area (Å²) in [5.74, 6) is 2.52. The number of hydrogen-bond donors (Lipinski definition) is 3. The summed E-state index contributed by atoms with van der Waals surface area (Å²) in [6.45, 7) is 3.02. The van der Waals surface area contributed by atoms with Crippen molar-refractivity contribution in [1.82, 2.24) is 25.8 Å². The molecular formula is C19H28N6. The van der Waals surface area contributed by atoms with E-state index in [2.05, 4.69) is 49.9 Å². The van der Waals surface area contributed by atoms with Gasteiger partial charge in [-0.05, 0) is 30.4 Å². The number of nitrogens with zero attached hydrogens (tertiary/aromatic N) is 3. The van der Waals surface area contributed by atoms with Gasteiger partial charge in [-0.15, -0.1) is 0 Å². The molecule has 2 aromatic rings. The molecule has 6 nitrogen and oxygen atoms in total. The topological polar surface area (TPSA) is 78.0 Å². The van der Waals surface area contributed by atoms with Crippen molar-refractivity contribution in [2.75, 3.05) is 7.05 Å². The van der Waals surface area contributed by atoms with E-state index in [1.807, 2.05) is 19.2 Å². The van der Waals surface area contributed by atoms with Crippen molar-refractivity contribution in [2.24, 2.45) is 10.9 Å². The first-order valence-corrected chi connectivity index (χ1v) is 9.20. The van der Waals surface area contributed by atoms with Gasteiger partial charge in [0.1, 0.15) is 6.33 Å². The number of aromatic amines is 1. The quantitative estimate of drug-likeness (QED) is 0.577. The molecule has 3 rings (SSSR count). The minimum Gasteiger partial charge on any atom is -0.354 e. The molecule has 0 spiro atoms. The Balaban J connectivity index is 1.55. The molecular weight excluding hydrogens is 312 g/mol. The van der Waals surface area contributed by atoms with Crippen molar-refractivity contribution < 1.29 is 0 Å². The average molecular weight is 340 g/mol. The molecule has 0 saturated heterocycles. The third kappa shape index (κ3) is 4.81. The van der Waals surface area contributed by atoms with E-state index < -0.39 is 0 Å². The number of nitrogens with one attached hydrogen (secondary N) is 3. The molecule has 25 heavy (non-hydrogen) atoms. The van der Waals surface area contributed by atoms with Crippen LogP contribution in [0.1, 0.15) is 44.6 Å². The molecule has 2 unspecified atom stereocenters. The number of aliphatic imine (C=N–C) groups is 1. The second kappa shape index (κ2) is 8.65. The Hall–Kier alpha value is -2.37. The maximum Gasteiger partial charge on any atom is 0.191 e. The Morgan fingerprint density at radius 2 is 2.28 bits per heavy atom. The van der Waals surface area contributed by atoms with E-state index in [0.717, 1.165) is 29.8 Å². The average Bonchev–Trinajstić information content (AvgIpc) is 3.20. The Kier molecular flexibility index (Phi) is 6.04. The molecule has 1 aromatic heterocycles. The summed E-state index contributed by atoms with van der Waals surface area (Å²) in [5.41, 5.74) is 2.23. The normalized spacial score (nSPS) is 21.1. The van der Waals surface area contributed by atoms with Gasteiger partial charge in [0.05, 0.1) is 0 Å². The van der Waals surface area contributed by atoms with Crippen LogP contribution < -0.4 is 10.6 Å². The van der Waals surface area contributed by atoms with Crippen LogP contribution in [0, 0.1) is 5.92 Å². The van der Waals surface area contributed by atoms with E-state index in [4.69, 9.17) is 0 Å². The summed E-state index contributed by atoms with van der Waals surface area (Å²) < 4.78 is 0. The van der Waals surface area contributed by atoms with Crippen LogP contribution in [0.15, 0.2) is 35.6 Å². The lowest BCUT2D eigenvalue weighted by Crippen LogP contribution is -2.45. The lowest BCUT2D eigenvalue weighted by Gasteiger charge is -2.30. The SMILES string of the molecule is CCC1CCCC(NC(=NC)NCc2cccc(-c3ncn[nH]3)c2)C1. The van der Waals surface area contributed by atoms with Gasteiger partial charge < -0.3 is 10.6 Å². The van der Waals surface area contributed by atoms with E-state index in [9.17, 15) is 0 Å². The van der Waals surface area contributed by atoms with Crippen molar-refractivity contribution in [3.8, 4) is 11.4 Å². The largest absolute Gasteiger partial charge is 0.354 e. The molecule has 0 amide bonds. The maximum absolute atomic E-state index is 4.39. The van der Waals surface area contributed by atoms with E-state index in [1.54, 1.807) is 0 Å². The predicted molar refractivity (Wildman–Crippen MR) is 101 cm³/mol. The molecule has 1 aliphatic rings. The van der Waals surface area contributed by atoms with E-state index >= 15 is 0 Å². The second-order valence-electron chi connectivity index (χ2n) is 6.74. The number of rotatable bonds is 5. The Bertz CT molecular complexity index is 679. The maximum atomic E-state index is 4.39. The lowest BCUT2D eigenvalue weighted by atomic mass is 9.84. The zero-order valence-corrected chi connectivity index (χ0v) is 15.1. The third-order valence-corrected chi connectivity index (χ3v) is 5.00. The number of aromatic nitrogens is 3. The minimum absolute atomic E-state index is 0.533. The smallest absolute Gasteiger partial charge is 0.191 e. The fourth-order valence-electron chi connectivity index (χ4n) is 3.54. The van der Waals surface area contributed by atoms with Crippen LogP contribution in [0.2, 0.25) is 0 Å². The predicted octanol–water partition coefficient (Wildman–Crippen LogP) is 3.11. The number of H-pyrrole nitrogens is 1. The van der Waals surface area contributed by atoms with Gasteiger partial charge in [0.15, 0.2) is 11.8 Å². The van der Waals surface area contributed by atoms with Gasteiger partial charge in [-0.25, -0.2) is 4.98 Å². The summed E-state index contributed by atoms with van der Waals surface area (Å²) in [6.07, 6.45) is 7.97. The monoisotopic (exact) mass is 340 g/mol. The highest BCUT2D eigenvalue weighted by atomic mass is 15.2. The molecule has 1 fully saturated rings. The molecule has 1 saturated carbocycles. The molecule has 2 atom stereocenters. The lowest BCUT2D eigenvalue weighted by molar-refractivity contribution is 0.298. The fourth-order valence-corrected chi connectivity index (χ4v) is 3.54. The first-order valence-electron chi connectivity index (χ1n) is 9.20. The highest BCUT2D eigenvalue weighted by Crippen LogP contribution is 2.26. The molecule has 0 bridgehead atoms. The van der Waals surface area contributed by atoms with Crippen LogP contribution in [0.3, 0.4) is 0 Å². The minimum atomic E-state index is 0.533. The first kappa shape index (κ1) is 17.5. The molecule has 134 valence electrons. The summed E-state index contributed by atoms with van der Waals surface area (Å²) in [4.78, 5) is 8.59. The van der Waals surface area contributed by atoms with Gasteiger partial charge in [0, 0.05) is 25.2 Å². The molecule has 0 aliphatic heterocycles. The van der Waals surface area contributed by atoms with E-state index in [1.165, 1.54) is 44.0 Å². The second-order valence-corrected chi connectivity index (χ2v) is 6.74. The number of guanidine groups is 1. The molecule has 3 N–H and O–H groups in total. The standard InChI is InChI=1S/C19H28N6/c1-3-14-6-5-9-17(11-14)24-19(20-2)21-12-15-7-4-8-16(10-15)18-22-13-23-25-18/h4,7-8,10,13-14,17H,3,5-6,9,11-12H2,1-2H3,(H2,20,21,24)(H,22,23,25). The molecule has 1 aliphatic carbocycles. The van der Waals surface area contributed by atoms with Crippen LogP contribution >= 0.6 is 0 Å². The third-order valence-electron chi connectivity index (χ3n) is 5.00. The van der Waals surface area contributed by atoms with E-state index in [-0.39, 0.29) is 0 Å².